The monoisotopic (exact) mass is 337 g/mol. The van der Waals surface area contributed by atoms with E-state index in [1.54, 1.807) is 0 Å². The van der Waals surface area contributed by atoms with Gasteiger partial charge in [-0.15, -0.1) is 0 Å². The van der Waals surface area contributed by atoms with Gasteiger partial charge in [-0.05, 0) is 18.2 Å². The summed E-state index contributed by atoms with van der Waals surface area (Å²) < 4.78 is 0. The molecule has 0 amide bonds. The fraction of sp³-hybridized carbons (Fsp3) is 0.875. The molecule has 5 nitrogen and oxygen atoms in total. The molecule has 0 aliphatic heterocycles. The lowest BCUT2D eigenvalue weighted by atomic mass is 10.1. The van der Waals surface area contributed by atoms with E-state index in [4.69, 9.17) is 22.0 Å². The van der Waals surface area contributed by atoms with E-state index in [1.165, 1.54) is 64.2 Å². The van der Waals surface area contributed by atoms with Crippen molar-refractivity contribution in [2.24, 2.45) is 0 Å². The van der Waals surface area contributed by atoms with Crippen molar-refractivity contribution in [1.82, 2.24) is 4.84 Å². The van der Waals surface area contributed by atoms with E-state index in [1.807, 2.05) is 0 Å². The van der Waals surface area contributed by atoms with Crippen molar-refractivity contribution in [3.63, 3.8) is 0 Å². The molecule has 6 heteroatoms. The van der Waals surface area contributed by atoms with Gasteiger partial charge in [-0.25, -0.2) is 4.84 Å². The number of hydrogen-bond acceptors (Lipinski definition) is 3. The second-order valence-electron chi connectivity index (χ2n) is 5.35. The molecule has 0 atom stereocenters. The molecular weight excluding hydrogens is 306 g/mol. The summed E-state index contributed by atoms with van der Waals surface area (Å²) in [5.74, 6) is -2.15. The van der Waals surface area contributed by atoms with E-state index in [2.05, 4.69) is 11.8 Å². The van der Waals surface area contributed by atoms with Gasteiger partial charge in [-0.2, -0.15) is 0 Å². The van der Waals surface area contributed by atoms with E-state index >= 15 is 0 Å². The highest BCUT2D eigenvalue weighted by Gasteiger charge is 2.00. The number of unbranched alkanes of at least 4 members (excludes halogenated alkanes) is 9. The van der Waals surface area contributed by atoms with Gasteiger partial charge < -0.3 is 10.2 Å². The predicted octanol–water partition coefficient (Wildman–Crippen LogP) is 4.59. The fourth-order valence-corrected chi connectivity index (χ4v) is 2.03. The first-order valence-corrected chi connectivity index (χ1v) is 8.69. The molecule has 0 aromatic carbocycles. The van der Waals surface area contributed by atoms with Crippen molar-refractivity contribution in [2.75, 3.05) is 6.54 Å². The maximum Gasteiger partial charge on any atom is 0.303 e. The van der Waals surface area contributed by atoms with Crippen molar-refractivity contribution >= 4 is 23.7 Å². The number of aliphatic carboxylic acids is 2. The van der Waals surface area contributed by atoms with Crippen molar-refractivity contribution in [1.29, 1.82) is 0 Å². The molecule has 0 bridgehead atoms. The van der Waals surface area contributed by atoms with Gasteiger partial charge >= 0.3 is 11.9 Å². The van der Waals surface area contributed by atoms with Crippen molar-refractivity contribution in [3.8, 4) is 0 Å². The lowest BCUT2D eigenvalue weighted by molar-refractivity contribution is -0.143. The zero-order valence-electron chi connectivity index (χ0n) is 13.8. The zero-order chi connectivity index (χ0) is 17.1. The Labute approximate surface area is 139 Å². The first-order chi connectivity index (χ1) is 10.5. The van der Waals surface area contributed by atoms with Crippen LogP contribution in [0.25, 0.3) is 0 Å². The molecule has 0 unspecified atom stereocenters. The molecule has 0 aliphatic carbocycles. The summed E-state index contributed by atoms with van der Waals surface area (Å²) in [7, 11) is 0. The average Bonchev–Trinajstić information content (AvgIpc) is 2.48. The van der Waals surface area contributed by atoms with Crippen LogP contribution in [0.5, 0.6) is 0 Å². The number of nitrogens with one attached hydrogen (secondary N) is 1. The van der Waals surface area contributed by atoms with Crippen LogP contribution in [0, 0.1) is 0 Å². The third kappa shape index (κ3) is 27.5. The SMILES string of the molecule is CCCCCCCCCCCCNCl.O=C(O)CCC(=O)O. The van der Waals surface area contributed by atoms with Crippen molar-refractivity contribution < 1.29 is 19.8 Å². The molecule has 0 spiro atoms. The van der Waals surface area contributed by atoms with Gasteiger partial charge in [0, 0.05) is 6.54 Å². The van der Waals surface area contributed by atoms with E-state index in [0.717, 1.165) is 6.54 Å². The van der Waals surface area contributed by atoms with E-state index < -0.39 is 11.9 Å². The van der Waals surface area contributed by atoms with E-state index in [9.17, 15) is 9.59 Å². The van der Waals surface area contributed by atoms with Crippen LogP contribution in [0.3, 0.4) is 0 Å². The minimum Gasteiger partial charge on any atom is -0.481 e. The molecule has 0 aliphatic rings. The highest BCUT2D eigenvalue weighted by Crippen LogP contribution is 2.10. The van der Waals surface area contributed by atoms with Crippen LogP contribution < -0.4 is 4.84 Å². The molecule has 0 radical (unpaired) electrons. The van der Waals surface area contributed by atoms with Gasteiger partial charge in [0.15, 0.2) is 0 Å². The molecule has 0 aromatic heterocycles. The Bertz CT molecular complexity index is 237. The highest BCUT2D eigenvalue weighted by atomic mass is 35.5. The number of carboxylic acid groups (broad SMARTS) is 2. The first kappa shape index (κ1) is 23.5. The van der Waals surface area contributed by atoms with Crippen LogP contribution in [0.15, 0.2) is 0 Å². The Morgan fingerprint density at radius 1 is 0.773 bits per heavy atom. The molecule has 0 heterocycles. The third-order valence-corrected chi connectivity index (χ3v) is 3.37. The van der Waals surface area contributed by atoms with Crippen molar-refractivity contribution in [2.45, 2.75) is 84.0 Å². The van der Waals surface area contributed by atoms with Crippen LogP contribution >= 0.6 is 11.8 Å². The zero-order valence-corrected chi connectivity index (χ0v) is 14.5. The maximum absolute atomic E-state index is 9.64. The quantitative estimate of drug-likeness (QED) is 0.319. The molecule has 0 saturated carbocycles. The number of rotatable bonds is 14. The second kappa shape index (κ2) is 20.2. The Morgan fingerprint density at radius 2 is 1.14 bits per heavy atom. The minimum atomic E-state index is -1.08. The Kier molecular flexibility index (Phi) is 21.5. The van der Waals surface area contributed by atoms with Gasteiger partial charge in [0.05, 0.1) is 12.8 Å². The first-order valence-electron chi connectivity index (χ1n) is 8.31. The topological polar surface area (TPSA) is 86.6 Å². The lowest BCUT2D eigenvalue weighted by Gasteiger charge is -2.01. The summed E-state index contributed by atoms with van der Waals surface area (Å²) in [6, 6.07) is 0. The predicted molar refractivity (Wildman–Crippen MR) is 90.2 cm³/mol. The largest absolute Gasteiger partial charge is 0.481 e. The van der Waals surface area contributed by atoms with Crippen LogP contribution in [-0.4, -0.2) is 28.7 Å². The average molecular weight is 338 g/mol. The van der Waals surface area contributed by atoms with Crippen LogP contribution in [-0.2, 0) is 9.59 Å². The molecule has 0 rings (SSSR count). The van der Waals surface area contributed by atoms with Gasteiger partial charge in [-0.1, -0.05) is 64.7 Å². The Morgan fingerprint density at radius 3 is 1.45 bits per heavy atom. The standard InChI is InChI=1S/C12H26ClN.C4H6O4/c1-2-3-4-5-6-7-8-9-10-11-12-14-13;5-3(6)1-2-4(7)8/h14H,2-12H2,1H3;1-2H2,(H,5,6)(H,7,8). The maximum atomic E-state index is 9.64. The van der Waals surface area contributed by atoms with Gasteiger partial charge in [0.25, 0.3) is 0 Å². The molecule has 0 aromatic rings. The van der Waals surface area contributed by atoms with E-state index in [-0.39, 0.29) is 12.8 Å². The molecule has 22 heavy (non-hydrogen) atoms. The molecule has 3 N–H and O–H groups in total. The second-order valence-corrected chi connectivity index (χ2v) is 5.62. The summed E-state index contributed by atoms with van der Waals surface area (Å²) in [5.41, 5.74) is 0. The lowest BCUT2D eigenvalue weighted by Crippen LogP contribution is -2.00. The van der Waals surface area contributed by atoms with Gasteiger partial charge in [-0.3, -0.25) is 9.59 Å². The fourth-order valence-electron chi connectivity index (χ4n) is 1.89. The summed E-state index contributed by atoms with van der Waals surface area (Å²) in [6.45, 7) is 3.23. The Balaban J connectivity index is 0. The summed E-state index contributed by atoms with van der Waals surface area (Å²) in [5, 5.41) is 15.8. The summed E-state index contributed by atoms with van der Waals surface area (Å²) in [4.78, 5) is 21.9. The molecular formula is C16H32ClNO4. The smallest absolute Gasteiger partial charge is 0.303 e. The number of hydrogen-bond donors (Lipinski definition) is 3. The normalized spacial score (nSPS) is 9.91. The van der Waals surface area contributed by atoms with E-state index in [0.29, 0.717) is 0 Å². The van der Waals surface area contributed by atoms with Crippen molar-refractivity contribution in [3.05, 3.63) is 0 Å². The highest BCUT2D eigenvalue weighted by molar-refractivity contribution is 6.13. The number of halogens is 1. The van der Waals surface area contributed by atoms with Crippen LogP contribution in [0.1, 0.15) is 84.0 Å². The summed E-state index contributed by atoms with van der Waals surface area (Å²) >= 11 is 5.36. The van der Waals surface area contributed by atoms with Gasteiger partial charge in [0.1, 0.15) is 0 Å². The third-order valence-electron chi connectivity index (χ3n) is 3.18. The van der Waals surface area contributed by atoms with Crippen LogP contribution in [0.2, 0.25) is 0 Å². The molecule has 0 fully saturated rings. The summed E-state index contributed by atoms with van der Waals surface area (Å²) in [6.07, 6.45) is 13.3. The molecule has 132 valence electrons. The molecule has 0 saturated heterocycles. The minimum absolute atomic E-state index is 0.296. The number of carboxylic acids is 2. The number of carbonyl (C=O) groups is 2. The van der Waals surface area contributed by atoms with Crippen LogP contribution in [0.4, 0.5) is 0 Å². The van der Waals surface area contributed by atoms with Gasteiger partial charge in [0.2, 0.25) is 0 Å². The Hall–Kier alpha value is -0.810.